The molecule has 0 bridgehead atoms. The Morgan fingerprint density at radius 3 is 2.50 bits per heavy atom. The molecule has 0 aliphatic heterocycles. The lowest BCUT2D eigenvalue weighted by Crippen LogP contribution is -2.37. The minimum atomic E-state index is -3.67. The molecule has 0 aliphatic carbocycles. The fourth-order valence-corrected chi connectivity index (χ4v) is 3.05. The van der Waals surface area contributed by atoms with Crippen molar-refractivity contribution in [3.8, 4) is 0 Å². The predicted molar refractivity (Wildman–Crippen MR) is 81.8 cm³/mol. The highest BCUT2D eigenvalue weighted by Gasteiger charge is 2.19. The Morgan fingerprint density at radius 2 is 2.05 bits per heavy atom. The number of nitrogens with one attached hydrogen (secondary N) is 2. The maximum atomic E-state index is 12.0. The molecule has 1 rings (SSSR count). The van der Waals surface area contributed by atoms with Crippen LogP contribution in [-0.4, -0.2) is 33.0 Å². The van der Waals surface area contributed by atoms with Gasteiger partial charge >= 0.3 is 0 Å². The van der Waals surface area contributed by atoms with E-state index in [2.05, 4.69) is 26.0 Å². The summed E-state index contributed by atoms with van der Waals surface area (Å²) < 4.78 is 26.5. The third-order valence-electron chi connectivity index (χ3n) is 2.50. The number of sulfonamides is 1. The second kappa shape index (κ2) is 7.89. The van der Waals surface area contributed by atoms with Gasteiger partial charge in [-0.15, -0.1) is 12.4 Å². The normalized spacial score (nSPS) is 12.6. The number of rotatable bonds is 6. The Bertz CT molecular complexity index is 582. The van der Waals surface area contributed by atoms with Gasteiger partial charge in [0.15, 0.2) is 0 Å². The third kappa shape index (κ3) is 4.98. The van der Waals surface area contributed by atoms with Gasteiger partial charge in [0.1, 0.15) is 0 Å². The number of likely N-dealkylation sites (N-methyl/N-ethyl adjacent to an activating group) is 1. The average Bonchev–Trinajstić information content (AvgIpc) is 2.35. The van der Waals surface area contributed by atoms with Gasteiger partial charge in [0.05, 0.1) is 14.3 Å². The molecular formula is C10H15BrClN3O4S. The highest BCUT2D eigenvalue weighted by Crippen LogP contribution is 2.27. The van der Waals surface area contributed by atoms with Crippen molar-refractivity contribution >= 4 is 44.0 Å². The van der Waals surface area contributed by atoms with E-state index in [0.29, 0.717) is 0 Å². The molecule has 0 aromatic heterocycles. The highest BCUT2D eigenvalue weighted by molar-refractivity contribution is 9.10. The fraction of sp³-hybridized carbons (Fsp3) is 0.400. The van der Waals surface area contributed by atoms with Crippen molar-refractivity contribution in [3.63, 3.8) is 0 Å². The van der Waals surface area contributed by atoms with E-state index < -0.39 is 14.9 Å². The molecule has 0 aliphatic rings. The van der Waals surface area contributed by atoms with E-state index in [0.717, 1.165) is 6.07 Å². The van der Waals surface area contributed by atoms with E-state index in [1.807, 2.05) is 6.92 Å². The summed E-state index contributed by atoms with van der Waals surface area (Å²) in [6.07, 6.45) is 0. The van der Waals surface area contributed by atoms with Crippen LogP contribution in [0, 0.1) is 10.1 Å². The van der Waals surface area contributed by atoms with E-state index in [1.54, 1.807) is 7.05 Å². The zero-order valence-corrected chi connectivity index (χ0v) is 14.0. The lowest BCUT2D eigenvalue weighted by atomic mass is 10.3. The van der Waals surface area contributed by atoms with Gasteiger partial charge in [-0.05, 0) is 42.0 Å². The molecule has 0 spiro atoms. The highest BCUT2D eigenvalue weighted by atomic mass is 79.9. The summed E-state index contributed by atoms with van der Waals surface area (Å²) in [6, 6.07) is 3.55. The Hall–Kier alpha value is -0.740. The molecule has 114 valence electrons. The van der Waals surface area contributed by atoms with Gasteiger partial charge < -0.3 is 5.32 Å². The first-order chi connectivity index (χ1) is 8.77. The van der Waals surface area contributed by atoms with Gasteiger partial charge in [0, 0.05) is 18.7 Å². The standard InChI is InChI=1S/C10H14BrN3O4S.ClH/c1-7(12-2)6-13-19(17,18)8-3-4-10(14(15)16)9(11)5-8;/h3-5,7,12-13H,6H2,1-2H3;1H. The van der Waals surface area contributed by atoms with Gasteiger partial charge in [0.25, 0.3) is 5.69 Å². The van der Waals surface area contributed by atoms with Crippen LogP contribution in [0.5, 0.6) is 0 Å². The molecule has 0 saturated heterocycles. The molecule has 7 nitrogen and oxygen atoms in total. The molecule has 1 unspecified atom stereocenters. The van der Waals surface area contributed by atoms with Gasteiger partial charge in [-0.25, -0.2) is 13.1 Å². The minimum absolute atomic E-state index is 0. The van der Waals surface area contributed by atoms with Crippen LogP contribution in [0.3, 0.4) is 0 Å². The average molecular weight is 389 g/mol. The van der Waals surface area contributed by atoms with Crippen LogP contribution in [0.15, 0.2) is 27.6 Å². The molecule has 0 amide bonds. The Kier molecular flexibility index (Phi) is 7.60. The number of halogens is 2. The van der Waals surface area contributed by atoms with Gasteiger partial charge in [0.2, 0.25) is 10.0 Å². The van der Waals surface area contributed by atoms with E-state index in [-0.39, 0.29) is 40.0 Å². The van der Waals surface area contributed by atoms with Crippen molar-refractivity contribution in [2.24, 2.45) is 0 Å². The van der Waals surface area contributed by atoms with Crippen LogP contribution in [0.1, 0.15) is 6.92 Å². The van der Waals surface area contributed by atoms with Crippen LogP contribution in [0.25, 0.3) is 0 Å². The number of nitro groups is 1. The molecule has 1 aromatic carbocycles. The predicted octanol–water partition coefficient (Wildman–Crippen LogP) is 1.67. The molecule has 0 fully saturated rings. The molecule has 20 heavy (non-hydrogen) atoms. The first-order valence-electron chi connectivity index (χ1n) is 5.39. The maximum absolute atomic E-state index is 12.0. The fourth-order valence-electron chi connectivity index (χ4n) is 1.22. The second-order valence-corrected chi connectivity index (χ2v) is 6.53. The molecule has 0 saturated carbocycles. The van der Waals surface area contributed by atoms with Crippen LogP contribution in [0.4, 0.5) is 5.69 Å². The number of hydrogen-bond donors (Lipinski definition) is 2. The first-order valence-corrected chi connectivity index (χ1v) is 7.66. The van der Waals surface area contributed by atoms with Gasteiger partial charge in [-0.3, -0.25) is 10.1 Å². The van der Waals surface area contributed by atoms with Crippen molar-refractivity contribution in [3.05, 3.63) is 32.8 Å². The Labute approximate surface area is 131 Å². The van der Waals surface area contributed by atoms with Crippen molar-refractivity contribution < 1.29 is 13.3 Å². The number of benzene rings is 1. The third-order valence-corrected chi connectivity index (χ3v) is 4.55. The van der Waals surface area contributed by atoms with Crippen molar-refractivity contribution in [2.75, 3.05) is 13.6 Å². The van der Waals surface area contributed by atoms with Gasteiger partial charge in [-0.1, -0.05) is 0 Å². The number of hydrogen-bond acceptors (Lipinski definition) is 5. The van der Waals surface area contributed by atoms with Crippen LogP contribution in [0.2, 0.25) is 0 Å². The second-order valence-electron chi connectivity index (χ2n) is 3.91. The summed E-state index contributed by atoms with van der Waals surface area (Å²) in [4.78, 5) is 10.0. The van der Waals surface area contributed by atoms with E-state index in [9.17, 15) is 18.5 Å². The van der Waals surface area contributed by atoms with E-state index in [1.165, 1.54) is 12.1 Å². The van der Waals surface area contributed by atoms with Crippen molar-refractivity contribution in [2.45, 2.75) is 17.9 Å². The molecule has 1 aromatic rings. The van der Waals surface area contributed by atoms with E-state index in [4.69, 9.17) is 0 Å². The molecule has 10 heteroatoms. The Morgan fingerprint density at radius 1 is 1.45 bits per heavy atom. The largest absolute Gasteiger partial charge is 0.316 e. The topological polar surface area (TPSA) is 101 Å². The molecule has 0 radical (unpaired) electrons. The summed E-state index contributed by atoms with van der Waals surface area (Å²) in [7, 11) is -1.95. The molecule has 1 atom stereocenters. The lowest BCUT2D eigenvalue weighted by molar-refractivity contribution is -0.385. The van der Waals surface area contributed by atoms with Crippen LogP contribution < -0.4 is 10.0 Å². The maximum Gasteiger partial charge on any atom is 0.283 e. The van der Waals surface area contributed by atoms with Crippen LogP contribution in [-0.2, 0) is 10.0 Å². The summed E-state index contributed by atoms with van der Waals surface area (Å²) in [6.45, 7) is 2.06. The SMILES string of the molecule is CNC(C)CNS(=O)(=O)c1ccc([N+](=O)[O-])c(Br)c1.Cl. The zero-order valence-electron chi connectivity index (χ0n) is 10.8. The summed E-state index contributed by atoms with van der Waals surface area (Å²) in [5.74, 6) is 0. The molecular weight excluding hydrogens is 374 g/mol. The quantitative estimate of drug-likeness (QED) is 0.570. The van der Waals surface area contributed by atoms with E-state index >= 15 is 0 Å². The van der Waals surface area contributed by atoms with Crippen molar-refractivity contribution in [1.29, 1.82) is 0 Å². The number of nitro benzene ring substituents is 1. The summed E-state index contributed by atoms with van der Waals surface area (Å²) >= 11 is 2.99. The van der Waals surface area contributed by atoms with Crippen molar-refractivity contribution in [1.82, 2.24) is 10.0 Å². The van der Waals surface area contributed by atoms with Crippen LogP contribution >= 0.6 is 28.3 Å². The summed E-state index contributed by atoms with van der Waals surface area (Å²) in [5, 5.41) is 13.5. The summed E-state index contributed by atoms with van der Waals surface area (Å²) in [5.41, 5.74) is -0.178. The lowest BCUT2D eigenvalue weighted by Gasteiger charge is -2.12. The molecule has 2 N–H and O–H groups in total. The zero-order chi connectivity index (χ0) is 14.6. The smallest absolute Gasteiger partial charge is 0.283 e. The number of nitrogens with zero attached hydrogens (tertiary/aromatic N) is 1. The monoisotopic (exact) mass is 387 g/mol. The minimum Gasteiger partial charge on any atom is -0.316 e. The Balaban J connectivity index is 0.00000361. The first kappa shape index (κ1) is 19.3. The molecule has 0 heterocycles. The van der Waals surface area contributed by atoms with Gasteiger partial charge in [-0.2, -0.15) is 0 Å².